The van der Waals surface area contributed by atoms with Crippen LogP contribution in [0.3, 0.4) is 0 Å². The van der Waals surface area contributed by atoms with Gasteiger partial charge in [-0.2, -0.15) is 0 Å². The highest BCUT2D eigenvalue weighted by atomic mass is 15.2. The van der Waals surface area contributed by atoms with Crippen LogP contribution in [0.15, 0.2) is 42.9 Å². The molecule has 1 fully saturated rings. The minimum absolute atomic E-state index is 0.701. The number of hydrogen-bond acceptors (Lipinski definition) is 3. The van der Waals surface area contributed by atoms with E-state index in [4.69, 9.17) is 0 Å². The first kappa shape index (κ1) is 14.4. The van der Waals surface area contributed by atoms with Crippen molar-refractivity contribution in [1.29, 1.82) is 0 Å². The van der Waals surface area contributed by atoms with E-state index in [0.717, 1.165) is 26.1 Å². The highest BCUT2D eigenvalue weighted by molar-refractivity contribution is 5.81. The van der Waals surface area contributed by atoms with E-state index in [2.05, 4.69) is 57.8 Å². The van der Waals surface area contributed by atoms with Gasteiger partial charge in [0.1, 0.15) is 0 Å². The summed E-state index contributed by atoms with van der Waals surface area (Å²) in [7, 11) is 2.10. The van der Waals surface area contributed by atoms with E-state index >= 15 is 0 Å². The van der Waals surface area contributed by atoms with Gasteiger partial charge in [-0.05, 0) is 43.0 Å². The fraction of sp³-hybridized carbons (Fsp3) is 0.368. The maximum absolute atomic E-state index is 4.63. The molecule has 3 aromatic heterocycles. The van der Waals surface area contributed by atoms with Crippen LogP contribution in [0.2, 0.25) is 0 Å². The molecular formula is C19H22N4. The maximum atomic E-state index is 4.63. The van der Waals surface area contributed by atoms with Crippen molar-refractivity contribution in [3.63, 3.8) is 0 Å². The molecular weight excluding hydrogens is 284 g/mol. The Morgan fingerprint density at radius 1 is 1.09 bits per heavy atom. The second kappa shape index (κ2) is 5.78. The molecule has 0 amide bonds. The molecule has 4 rings (SSSR count). The van der Waals surface area contributed by atoms with Crippen LogP contribution in [-0.2, 0) is 20.0 Å². The lowest BCUT2D eigenvalue weighted by atomic mass is 9.93. The minimum atomic E-state index is 0.701. The lowest BCUT2D eigenvalue weighted by Gasteiger charge is -2.39. The van der Waals surface area contributed by atoms with Crippen molar-refractivity contribution in [1.82, 2.24) is 19.4 Å². The molecule has 0 unspecified atom stereocenters. The molecule has 0 N–H and O–H groups in total. The molecule has 0 aliphatic carbocycles. The third-order valence-corrected chi connectivity index (χ3v) is 4.87. The molecule has 1 saturated heterocycles. The molecule has 0 radical (unpaired) electrons. The van der Waals surface area contributed by atoms with Gasteiger partial charge in [-0.15, -0.1) is 0 Å². The van der Waals surface area contributed by atoms with Crippen molar-refractivity contribution >= 4 is 10.9 Å². The van der Waals surface area contributed by atoms with Crippen LogP contribution in [0, 0.1) is 12.8 Å². The molecule has 1 aliphatic heterocycles. The third kappa shape index (κ3) is 2.75. The van der Waals surface area contributed by atoms with Crippen LogP contribution < -0.4 is 0 Å². The summed E-state index contributed by atoms with van der Waals surface area (Å²) in [5, 5.41) is 1.29. The molecule has 0 aromatic carbocycles. The SMILES string of the molecule is Cc1cccnc1CN1CC(Cc2nccc3ccn(C)c23)C1. The lowest BCUT2D eigenvalue weighted by molar-refractivity contribution is 0.0905. The lowest BCUT2D eigenvalue weighted by Crippen LogP contribution is -2.47. The number of likely N-dealkylation sites (tertiary alicyclic amines) is 1. The van der Waals surface area contributed by atoms with Crippen molar-refractivity contribution in [3.8, 4) is 0 Å². The summed E-state index contributed by atoms with van der Waals surface area (Å²) in [5.74, 6) is 0.701. The van der Waals surface area contributed by atoms with Crippen LogP contribution in [0.25, 0.3) is 10.9 Å². The number of aryl methyl sites for hydroxylation is 2. The molecule has 0 saturated carbocycles. The Kier molecular flexibility index (Phi) is 3.62. The molecule has 0 spiro atoms. The smallest absolute Gasteiger partial charge is 0.0696 e. The predicted molar refractivity (Wildman–Crippen MR) is 92.2 cm³/mol. The van der Waals surface area contributed by atoms with Crippen molar-refractivity contribution < 1.29 is 0 Å². The Bertz CT molecular complexity index is 830. The van der Waals surface area contributed by atoms with Crippen LogP contribution in [-0.4, -0.2) is 32.5 Å². The van der Waals surface area contributed by atoms with Gasteiger partial charge < -0.3 is 4.57 Å². The topological polar surface area (TPSA) is 34.0 Å². The van der Waals surface area contributed by atoms with E-state index in [0.29, 0.717) is 5.92 Å². The fourth-order valence-corrected chi connectivity index (χ4v) is 3.58. The maximum Gasteiger partial charge on any atom is 0.0696 e. The van der Waals surface area contributed by atoms with Crippen LogP contribution in [0.1, 0.15) is 17.0 Å². The Morgan fingerprint density at radius 2 is 1.91 bits per heavy atom. The largest absolute Gasteiger partial charge is 0.349 e. The summed E-state index contributed by atoms with van der Waals surface area (Å²) >= 11 is 0. The van der Waals surface area contributed by atoms with E-state index < -0.39 is 0 Å². The first-order valence-electron chi connectivity index (χ1n) is 8.22. The van der Waals surface area contributed by atoms with Gasteiger partial charge in [0.15, 0.2) is 0 Å². The zero-order valence-electron chi connectivity index (χ0n) is 13.7. The highest BCUT2D eigenvalue weighted by Gasteiger charge is 2.28. The van der Waals surface area contributed by atoms with Gasteiger partial charge in [0.25, 0.3) is 0 Å². The molecule has 4 nitrogen and oxygen atoms in total. The van der Waals surface area contributed by atoms with Gasteiger partial charge in [-0.3, -0.25) is 14.9 Å². The van der Waals surface area contributed by atoms with Crippen LogP contribution in [0.4, 0.5) is 0 Å². The van der Waals surface area contributed by atoms with Gasteiger partial charge in [-0.1, -0.05) is 6.07 Å². The first-order valence-corrected chi connectivity index (χ1v) is 8.22. The van der Waals surface area contributed by atoms with Gasteiger partial charge in [0.2, 0.25) is 0 Å². The number of pyridine rings is 2. The Balaban J connectivity index is 1.41. The number of fused-ring (bicyclic) bond motifs is 1. The molecule has 1 aliphatic rings. The summed E-state index contributed by atoms with van der Waals surface area (Å²) in [5.41, 5.74) is 5.00. The van der Waals surface area contributed by atoms with Crippen LogP contribution >= 0.6 is 0 Å². The van der Waals surface area contributed by atoms with Gasteiger partial charge in [0.05, 0.1) is 16.9 Å². The molecule has 118 valence electrons. The molecule has 4 heteroatoms. The Labute approximate surface area is 136 Å². The van der Waals surface area contributed by atoms with Crippen molar-refractivity contribution in [2.24, 2.45) is 13.0 Å². The van der Waals surface area contributed by atoms with E-state index in [1.807, 2.05) is 18.5 Å². The standard InChI is InChI=1S/C19H22N4/c1-14-4-3-7-20-18(14)13-23-11-15(12-23)10-17-19-16(5-8-21-17)6-9-22(19)2/h3-9,15H,10-13H2,1-2H3. The van der Waals surface area contributed by atoms with E-state index in [1.54, 1.807) is 0 Å². The average Bonchev–Trinajstić information content (AvgIpc) is 2.89. The van der Waals surface area contributed by atoms with Gasteiger partial charge in [-0.25, -0.2) is 0 Å². The number of hydrogen-bond donors (Lipinski definition) is 0. The summed E-state index contributed by atoms with van der Waals surface area (Å²) in [6.07, 6.45) is 7.00. The zero-order chi connectivity index (χ0) is 15.8. The fourth-order valence-electron chi connectivity index (χ4n) is 3.58. The van der Waals surface area contributed by atoms with Crippen LogP contribution in [0.5, 0.6) is 0 Å². The van der Waals surface area contributed by atoms with Gasteiger partial charge >= 0.3 is 0 Å². The zero-order valence-corrected chi connectivity index (χ0v) is 13.7. The molecule has 4 heterocycles. The highest BCUT2D eigenvalue weighted by Crippen LogP contribution is 2.25. The van der Waals surface area contributed by atoms with E-state index in [9.17, 15) is 0 Å². The van der Waals surface area contributed by atoms with Crippen molar-refractivity contribution in [2.75, 3.05) is 13.1 Å². The second-order valence-electron chi connectivity index (χ2n) is 6.65. The molecule has 0 bridgehead atoms. The quantitative estimate of drug-likeness (QED) is 0.743. The summed E-state index contributed by atoms with van der Waals surface area (Å²) in [6, 6.07) is 8.40. The average molecular weight is 306 g/mol. The van der Waals surface area contributed by atoms with Gasteiger partial charge in [0, 0.05) is 50.7 Å². The first-order chi connectivity index (χ1) is 11.2. The predicted octanol–water partition coefficient (Wildman–Crippen LogP) is 2.95. The number of rotatable bonds is 4. The third-order valence-electron chi connectivity index (χ3n) is 4.87. The Hall–Kier alpha value is -2.20. The van der Waals surface area contributed by atoms with E-state index in [-0.39, 0.29) is 0 Å². The van der Waals surface area contributed by atoms with Crippen molar-refractivity contribution in [2.45, 2.75) is 19.9 Å². The minimum Gasteiger partial charge on any atom is -0.349 e. The molecule has 3 aromatic rings. The summed E-state index contributed by atoms with van der Waals surface area (Å²) < 4.78 is 2.19. The molecule has 0 atom stereocenters. The number of aromatic nitrogens is 3. The van der Waals surface area contributed by atoms with E-state index in [1.165, 1.54) is 27.9 Å². The summed E-state index contributed by atoms with van der Waals surface area (Å²) in [4.78, 5) is 11.6. The van der Waals surface area contributed by atoms with Crippen molar-refractivity contribution in [3.05, 3.63) is 59.8 Å². The number of nitrogens with zero attached hydrogens (tertiary/aromatic N) is 4. The normalized spacial score (nSPS) is 15.9. The molecule has 23 heavy (non-hydrogen) atoms. The monoisotopic (exact) mass is 306 g/mol. The second-order valence-corrected chi connectivity index (χ2v) is 6.65. The Morgan fingerprint density at radius 3 is 2.74 bits per heavy atom. The summed E-state index contributed by atoms with van der Waals surface area (Å²) in [6.45, 7) is 5.38.